The fourth-order valence-electron chi connectivity index (χ4n) is 2.42. The van der Waals surface area contributed by atoms with E-state index in [1.165, 1.54) is 19.1 Å². The predicted octanol–water partition coefficient (Wildman–Crippen LogP) is 1.82. The second-order valence-electron chi connectivity index (χ2n) is 5.98. The van der Waals surface area contributed by atoms with E-state index in [0.29, 0.717) is 25.2 Å². The highest BCUT2D eigenvalue weighted by molar-refractivity contribution is 7.88. The number of nitrogens with one attached hydrogen (secondary N) is 1. The van der Waals surface area contributed by atoms with E-state index in [-0.39, 0.29) is 0 Å². The summed E-state index contributed by atoms with van der Waals surface area (Å²) < 4.78 is 24.4. The zero-order chi connectivity index (χ0) is 13.8. The number of sulfonamides is 1. The van der Waals surface area contributed by atoms with E-state index in [1.54, 1.807) is 4.31 Å². The Morgan fingerprint density at radius 2 is 1.72 bits per heavy atom. The molecule has 0 aromatic heterocycles. The maximum absolute atomic E-state index is 11.4. The highest BCUT2D eigenvalue weighted by atomic mass is 32.2. The molecule has 108 valence electrons. The molecule has 1 atom stereocenters. The molecule has 0 saturated carbocycles. The van der Waals surface area contributed by atoms with Gasteiger partial charge >= 0.3 is 0 Å². The van der Waals surface area contributed by atoms with Gasteiger partial charge in [0.2, 0.25) is 10.0 Å². The summed E-state index contributed by atoms with van der Waals surface area (Å²) in [5.41, 5.74) is 0. The number of nitrogens with zero attached hydrogens (tertiary/aromatic N) is 1. The van der Waals surface area contributed by atoms with Crippen LogP contribution in [0.1, 0.15) is 46.5 Å². The molecular formula is C13H28N2O2S. The van der Waals surface area contributed by atoms with E-state index >= 15 is 0 Å². The van der Waals surface area contributed by atoms with Gasteiger partial charge in [0, 0.05) is 25.2 Å². The quantitative estimate of drug-likeness (QED) is 0.805. The number of piperidine rings is 1. The highest BCUT2D eigenvalue weighted by Gasteiger charge is 2.25. The maximum atomic E-state index is 11.4. The molecule has 4 nitrogen and oxygen atoms in total. The zero-order valence-electron chi connectivity index (χ0n) is 12.1. The van der Waals surface area contributed by atoms with Gasteiger partial charge in [-0.25, -0.2) is 12.7 Å². The van der Waals surface area contributed by atoms with Crippen LogP contribution in [0.15, 0.2) is 0 Å². The second-order valence-corrected chi connectivity index (χ2v) is 7.96. The van der Waals surface area contributed by atoms with Gasteiger partial charge < -0.3 is 5.32 Å². The lowest BCUT2D eigenvalue weighted by Crippen LogP contribution is -2.46. The normalized spacial score (nSPS) is 21.4. The lowest BCUT2D eigenvalue weighted by atomic mass is 10.0. The van der Waals surface area contributed by atoms with Crippen LogP contribution >= 0.6 is 0 Å². The Balaban J connectivity index is 2.27. The standard InChI is InChI=1S/C13H28N2O2S/c1-11(2)5-6-12(3)14-13-7-9-15(10-8-13)18(4,16)17/h11-14H,5-10H2,1-4H3. The number of hydrogen-bond acceptors (Lipinski definition) is 3. The monoisotopic (exact) mass is 276 g/mol. The van der Waals surface area contributed by atoms with Gasteiger partial charge in [0.1, 0.15) is 0 Å². The lowest BCUT2D eigenvalue weighted by Gasteiger charge is -2.32. The smallest absolute Gasteiger partial charge is 0.211 e. The van der Waals surface area contributed by atoms with Crippen molar-refractivity contribution in [3.8, 4) is 0 Å². The van der Waals surface area contributed by atoms with Gasteiger partial charge in [-0.15, -0.1) is 0 Å². The van der Waals surface area contributed by atoms with E-state index in [4.69, 9.17) is 0 Å². The number of rotatable bonds is 6. The van der Waals surface area contributed by atoms with Gasteiger partial charge in [-0.2, -0.15) is 0 Å². The predicted molar refractivity (Wildman–Crippen MR) is 76.1 cm³/mol. The van der Waals surface area contributed by atoms with E-state index in [0.717, 1.165) is 18.8 Å². The molecule has 0 aromatic rings. The fraction of sp³-hybridized carbons (Fsp3) is 1.00. The molecule has 1 heterocycles. The summed E-state index contributed by atoms with van der Waals surface area (Å²) in [6.07, 6.45) is 5.60. The third-order valence-corrected chi connectivity index (χ3v) is 4.92. The third kappa shape index (κ3) is 5.67. The average Bonchev–Trinajstić information content (AvgIpc) is 2.26. The van der Waals surface area contributed by atoms with Crippen molar-refractivity contribution in [3.05, 3.63) is 0 Å². The largest absolute Gasteiger partial charge is 0.311 e. The first-order chi connectivity index (χ1) is 8.29. The molecule has 0 spiro atoms. The van der Waals surface area contributed by atoms with Crippen LogP contribution in [0.4, 0.5) is 0 Å². The minimum Gasteiger partial charge on any atom is -0.311 e. The minimum atomic E-state index is -2.99. The van der Waals surface area contributed by atoms with Crippen molar-refractivity contribution >= 4 is 10.0 Å². The molecule has 1 aliphatic rings. The Hall–Kier alpha value is -0.130. The molecule has 18 heavy (non-hydrogen) atoms. The van der Waals surface area contributed by atoms with E-state index < -0.39 is 10.0 Å². The summed E-state index contributed by atoms with van der Waals surface area (Å²) >= 11 is 0. The molecule has 1 saturated heterocycles. The molecule has 0 aromatic carbocycles. The van der Waals surface area contributed by atoms with Gasteiger partial charge in [-0.3, -0.25) is 0 Å². The maximum Gasteiger partial charge on any atom is 0.211 e. The molecule has 1 rings (SSSR count). The van der Waals surface area contributed by atoms with Crippen molar-refractivity contribution in [3.63, 3.8) is 0 Å². The van der Waals surface area contributed by atoms with Crippen LogP contribution in [0.2, 0.25) is 0 Å². The van der Waals surface area contributed by atoms with E-state index in [1.807, 2.05) is 0 Å². The Kier molecular flexibility index (Phi) is 6.08. The Morgan fingerprint density at radius 3 is 2.17 bits per heavy atom. The highest BCUT2D eigenvalue weighted by Crippen LogP contribution is 2.15. The Labute approximate surface area is 112 Å². The SMILES string of the molecule is CC(C)CCC(C)NC1CCN(S(C)(=O)=O)CC1. The molecule has 5 heteroatoms. The Morgan fingerprint density at radius 1 is 1.17 bits per heavy atom. The molecule has 0 amide bonds. The molecule has 1 N–H and O–H groups in total. The van der Waals surface area contributed by atoms with Crippen molar-refractivity contribution < 1.29 is 8.42 Å². The first-order valence-electron chi connectivity index (χ1n) is 7.00. The summed E-state index contributed by atoms with van der Waals surface area (Å²) in [6.45, 7) is 8.04. The summed E-state index contributed by atoms with van der Waals surface area (Å²) in [7, 11) is -2.99. The van der Waals surface area contributed by atoms with Crippen LogP contribution in [0.5, 0.6) is 0 Å². The first kappa shape index (κ1) is 15.9. The molecule has 0 radical (unpaired) electrons. The minimum absolute atomic E-state index is 0.477. The van der Waals surface area contributed by atoms with Crippen LogP contribution < -0.4 is 5.32 Å². The summed E-state index contributed by atoms with van der Waals surface area (Å²) in [5, 5.41) is 3.62. The van der Waals surface area contributed by atoms with Crippen molar-refractivity contribution in [2.45, 2.75) is 58.5 Å². The van der Waals surface area contributed by atoms with Crippen LogP contribution in [0.25, 0.3) is 0 Å². The summed E-state index contributed by atoms with van der Waals surface area (Å²) in [6, 6.07) is 1.01. The van der Waals surface area contributed by atoms with Crippen molar-refractivity contribution in [1.82, 2.24) is 9.62 Å². The molecule has 1 aliphatic heterocycles. The van der Waals surface area contributed by atoms with Crippen LogP contribution in [-0.4, -0.2) is 44.2 Å². The third-order valence-electron chi connectivity index (χ3n) is 3.62. The van der Waals surface area contributed by atoms with Crippen LogP contribution in [0, 0.1) is 5.92 Å². The van der Waals surface area contributed by atoms with Crippen LogP contribution in [0.3, 0.4) is 0 Å². The van der Waals surface area contributed by atoms with Crippen molar-refractivity contribution in [1.29, 1.82) is 0 Å². The van der Waals surface area contributed by atoms with Crippen molar-refractivity contribution in [2.24, 2.45) is 5.92 Å². The van der Waals surface area contributed by atoms with Gasteiger partial charge in [-0.05, 0) is 38.5 Å². The van der Waals surface area contributed by atoms with E-state index in [9.17, 15) is 8.42 Å². The fourth-order valence-corrected chi connectivity index (χ4v) is 3.30. The average molecular weight is 276 g/mol. The first-order valence-corrected chi connectivity index (χ1v) is 8.85. The number of hydrogen-bond donors (Lipinski definition) is 1. The summed E-state index contributed by atoms with van der Waals surface area (Å²) in [4.78, 5) is 0. The van der Waals surface area contributed by atoms with Crippen LogP contribution in [-0.2, 0) is 10.0 Å². The molecular weight excluding hydrogens is 248 g/mol. The second kappa shape index (κ2) is 6.87. The molecule has 1 fully saturated rings. The molecule has 1 unspecified atom stereocenters. The van der Waals surface area contributed by atoms with Gasteiger partial charge in [-0.1, -0.05) is 13.8 Å². The Bertz CT molecular complexity index is 333. The summed E-state index contributed by atoms with van der Waals surface area (Å²) in [5.74, 6) is 0.751. The topological polar surface area (TPSA) is 49.4 Å². The lowest BCUT2D eigenvalue weighted by molar-refractivity contribution is 0.271. The zero-order valence-corrected chi connectivity index (χ0v) is 13.0. The van der Waals surface area contributed by atoms with E-state index in [2.05, 4.69) is 26.1 Å². The van der Waals surface area contributed by atoms with Crippen molar-refractivity contribution in [2.75, 3.05) is 19.3 Å². The van der Waals surface area contributed by atoms with Gasteiger partial charge in [0.15, 0.2) is 0 Å². The van der Waals surface area contributed by atoms with Gasteiger partial charge in [0.25, 0.3) is 0 Å². The molecule has 0 bridgehead atoms. The van der Waals surface area contributed by atoms with Gasteiger partial charge in [0.05, 0.1) is 6.26 Å². The molecule has 0 aliphatic carbocycles.